The van der Waals surface area contributed by atoms with Crippen LogP contribution in [0.15, 0.2) is 48.5 Å². The van der Waals surface area contributed by atoms with Crippen molar-refractivity contribution in [1.82, 2.24) is 5.32 Å². The van der Waals surface area contributed by atoms with E-state index in [-0.39, 0.29) is 17.6 Å². The third-order valence-corrected chi connectivity index (χ3v) is 5.71. The summed E-state index contributed by atoms with van der Waals surface area (Å²) < 4.78 is 52.4. The highest BCUT2D eigenvalue weighted by molar-refractivity contribution is 7.92. The number of hydrogen-bond donors (Lipinski definition) is 1. The molecule has 2 atom stereocenters. The van der Waals surface area contributed by atoms with Gasteiger partial charge in [0.05, 0.1) is 18.0 Å². The van der Waals surface area contributed by atoms with Gasteiger partial charge in [-0.25, -0.2) is 17.2 Å². The minimum Gasteiger partial charge on any atom is -0.347 e. The summed E-state index contributed by atoms with van der Waals surface area (Å²) in [6, 6.07) is 10.6. The van der Waals surface area contributed by atoms with Crippen LogP contribution in [0.4, 0.5) is 14.5 Å². The smallest absolute Gasteiger partial charge is 0.244 e. The summed E-state index contributed by atoms with van der Waals surface area (Å²) in [7, 11) is -3.93. The number of sulfonamides is 1. The lowest BCUT2D eigenvalue weighted by atomic mass is 9.96. The zero-order valence-electron chi connectivity index (χ0n) is 16.9. The lowest BCUT2D eigenvalue weighted by Gasteiger charge is -2.30. The zero-order chi connectivity index (χ0) is 21.8. The van der Waals surface area contributed by atoms with Gasteiger partial charge < -0.3 is 5.32 Å². The van der Waals surface area contributed by atoms with E-state index in [0.29, 0.717) is 6.42 Å². The molecule has 0 aromatic heterocycles. The maximum Gasteiger partial charge on any atom is 0.244 e. The number of nitrogens with zero attached hydrogens (tertiary/aromatic N) is 1. The van der Waals surface area contributed by atoms with Crippen molar-refractivity contribution in [3.05, 3.63) is 65.7 Å². The molecule has 0 saturated heterocycles. The molecule has 2 aromatic carbocycles. The van der Waals surface area contributed by atoms with Gasteiger partial charge in [-0.15, -0.1) is 0 Å². The largest absolute Gasteiger partial charge is 0.347 e. The first-order chi connectivity index (χ1) is 13.5. The zero-order valence-corrected chi connectivity index (χ0v) is 17.7. The molecular formula is C21H26F2N2O3S. The van der Waals surface area contributed by atoms with Crippen LogP contribution < -0.4 is 9.62 Å². The van der Waals surface area contributed by atoms with Gasteiger partial charge in [-0.3, -0.25) is 9.10 Å². The summed E-state index contributed by atoms with van der Waals surface area (Å²) in [6.07, 6.45) is 1.58. The quantitative estimate of drug-likeness (QED) is 0.696. The Morgan fingerprint density at radius 1 is 1.03 bits per heavy atom. The van der Waals surface area contributed by atoms with E-state index < -0.39 is 33.6 Å². The van der Waals surface area contributed by atoms with Gasteiger partial charge in [-0.2, -0.15) is 0 Å². The number of carbonyl (C=O) groups excluding carboxylic acids is 1. The number of rotatable bonds is 8. The Hall–Kier alpha value is -2.48. The van der Waals surface area contributed by atoms with Gasteiger partial charge in [0, 0.05) is 6.07 Å². The van der Waals surface area contributed by atoms with Gasteiger partial charge in [0.1, 0.15) is 6.04 Å². The minimum atomic E-state index is -3.93. The third kappa shape index (κ3) is 6.00. The molecule has 0 aliphatic carbocycles. The highest BCUT2D eigenvalue weighted by Gasteiger charge is 2.31. The second kappa shape index (κ2) is 9.35. The van der Waals surface area contributed by atoms with E-state index in [1.54, 1.807) is 0 Å². The van der Waals surface area contributed by atoms with Crippen LogP contribution in [-0.2, 0) is 14.8 Å². The van der Waals surface area contributed by atoms with Crippen molar-refractivity contribution in [3.8, 4) is 0 Å². The lowest BCUT2D eigenvalue weighted by Crippen LogP contribution is -2.48. The van der Waals surface area contributed by atoms with Gasteiger partial charge >= 0.3 is 0 Å². The van der Waals surface area contributed by atoms with Crippen LogP contribution in [0.2, 0.25) is 0 Å². The Morgan fingerprint density at radius 3 is 2.17 bits per heavy atom. The number of benzene rings is 2. The summed E-state index contributed by atoms with van der Waals surface area (Å²) in [5.74, 6) is -2.53. The first kappa shape index (κ1) is 22.8. The van der Waals surface area contributed by atoms with E-state index in [1.807, 2.05) is 44.2 Å². The average Bonchev–Trinajstić information content (AvgIpc) is 2.63. The molecule has 0 aliphatic rings. The lowest BCUT2D eigenvalue weighted by molar-refractivity contribution is -0.122. The van der Waals surface area contributed by atoms with Crippen molar-refractivity contribution >= 4 is 21.6 Å². The van der Waals surface area contributed by atoms with Crippen LogP contribution in [0, 0.1) is 17.6 Å². The molecule has 1 N–H and O–H groups in total. The normalized spacial score (nSPS) is 13.8. The van der Waals surface area contributed by atoms with Gasteiger partial charge in [-0.05, 0) is 37.0 Å². The number of halogens is 2. The fourth-order valence-corrected chi connectivity index (χ4v) is 4.33. The van der Waals surface area contributed by atoms with Crippen molar-refractivity contribution in [2.45, 2.75) is 39.3 Å². The fourth-order valence-electron chi connectivity index (χ4n) is 3.16. The van der Waals surface area contributed by atoms with Crippen LogP contribution in [-0.4, -0.2) is 26.6 Å². The van der Waals surface area contributed by atoms with E-state index >= 15 is 0 Å². The molecule has 0 unspecified atom stereocenters. The van der Waals surface area contributed by atoms with E-state index in [2.05, 4.69) is 5.32 Å². The summed E-state index contributed by atoms with van der Waals surface area (Å²) in [6.45, 7) is 5.46. The molecule has 2 rings (SSSR count). The molecule has 0 bridgehead atoms. The monoisotopic (exact) mass is 424 g/mol. The third-order valence-electron chi connectivity index (χ3n) is 4.47. The topological polar surface area (TPSA) is 66.5 Å². The second-order valence-electron chi connectivity index (χ2n) is 7.43. The van der Waals surface area contributed by atoms with Crippen LogP contribution >= 0.6 is 0 Å². The van der Waals surface area contributed by atoms with Gasteiger partial charge in [0.25, 0.3) is 0 Å². The summed E-state index contributed by atoms with van der Waals surface area (Å²) in [5.41, 5.74) is 0.787. The van der Waals surface area contributed by atoms with Gasteiger partial charge in [0.15, 0.2) is 11.6 Å². The number of hydrogen-bond acceptors (Lipinski definition) is 3. The summed E-state index contributed by atoms with van der Waals surface area (Å²) in [5, 5.41) is 2.90. The number of anilines is 1. The van der Waals surface area contributed by atoms with E-state index in [4.69, 9.17) is 0 Å². The minimum absolute atomic E-state index is 0.117. The van der Waals surface area contributed by atoms with Crippen LogP contribution in [0.25, 0.3) is 0 Å². The second-order valence-corrected chi connectivity index (χ2v) is 9.29. The van der Waals surface area contributed by atoms with Crippen molar-refractivity contribution < 1.29 is 22.0 Å². The fraction of sp³-hybridized carbons (Fsp3) is 0.381. The molecule has 0 fully saturated rings. The Balaban J connectivity index is 2.33. The highest BCUT2D eigenvalue weighted by Crippen LogP contribution is 2.25. The molecule has 0 spiro atoms. The molecule has 0 heterocycles. The van der Waals surface area contributed by atoms with Crippen LogP contribution in [0.5, 0.6) is 0 Å². The first-order valence-corrected chi connectivity index (χ1v) is 11.1. The standard InChI is InChI=1S/C21H26F2N2O3S/c1-14(2)12-20(16-8-6-5-7-9-16)24-21(26)15(3)25(29(4,27)28)17-10-11-18(22)19(23)13-17/h5-11,13-15,20H,12H2,1-4H3,(H,24,26)/t15-,20-/m0/s1. The highest BCUT2D eigenvalue weighted by atomic mass is 32.2. The Labute approximate surface area is 170 Å². The van der Waals surface area contributed by atoms with Crippen LogP contribution in [0.1, 0.15) is 38.8 Å². The van der Waals surface area contributed by atoms with Crippen molar-refractivity contribution in [2.75, 3.05) is 10.6 Å². The predicted octanol–water partition coefficient (Wildman–Crippen LogP) is 4.02. The number of nitrogens with one attached hydrogen (secondary N) is 1. The predicted molar refractivity (Wildman–Crippen MR) is 110 cm³/mol. The Bertz CT molecular complexity index is 950. The molecular weight excluding hydrogens is 398 g/mol. The van der Waals surface area contributed by atoms with Crippen molar-refractivity contribution in [1.29, 1.82) is 0 Å². The summed E-state index contributed by atoms with van der Waals surface area (Å²) in [4.78, 5) is 12.9. The molecule has 0 aliphatic heterocycles. The van der Waals surface area contributed by atoms with E-state index in [1.165, 1.54) is 6.92 Å². The first-order valence-electron chi connectivity index (χ1n) is 9.30. The Kier molecular flexibility index (Phi) is 7.35. The number of amides is 1. The molecule has 1 amide bonds. The molecule has 5 nitrogen and oxygen atoms in total. The molecule has 8 heteroatoms. The molecule has 158 valence electrons. The molecule has 2 aromatic rings. The number of carbonyl (C=O) groups is 1. The maximum atomic E-state index is 13.7. The summed E-state index contributed by atoms with van der Waals surface area (Å²) >= 11 is 0. The van der Waals surface area contributed by atoms with E-state index in [9.17, 15) is 22.0 Å². The SMILES string of the molecule is CC(C)C[C@H](NC(=O)[C@H](C)N(c1ccc(F)c(F)c1)S(C)(=O)=O)c1ccccc1. The maximum absolute atomic E-state index is 13.7. The van der Waals surface area contributed by atoms with Gasteiger partial charge in [-0.1, -0.05) is 44.2 Å². The van der Waals surface area contributed by atoms with E-state index in [0.717, 1.165) is 34.3 Å². The van der Waals surface area contributed by atoms with Crippen molar-refractivity contribution in [2.24, 2.45) is 5.92 Å². The Morgan fingerprint density at radius 2 is 1.66 bits per heavy atom. The molecule has 29 heavy (non-hydrogen) atoms. The van der Waals surface area contributed by atoms with Crippen molar-refractivity contribution in [3.63, 3.8) is 0 Å². The van der Waals surface area contributed by atoms with Crippen LogP contribution in [0.3, 0.4) is 0 Å². The molecule has 0 saturated carbocycles. The average molecular weight is 425 g/mol. The van der Waals surface area contributed by atoms with Gasteiger partial charge in [0.2, 0.25) is 15.9 Å². The molecule has 0 radical (unpaired) electrons.